The van der Waals surface area contributed by atoms with Crippen molar-refractivity contribution in [2.45, 2.75) is 71.1 Å². The summed E-state index contributed by atoms with van der Waals surface area (Å²) in [5.41, 5.74) is 1.76. The molecule has 0 heterocycles. The minimum Gasteiger partial charge on any atom is -0.385 e. The van der Waals surface area contributed by atoms with Crippen molar-refractivity contribution >= 4 is 12.0 Å². The van der Waals surface area contributed by atoms with Crippen LogP contribution in [0.2, 0.25) is 0 Å². The molecule has 0 aromatic heterocycles. The van der Waals surface area contributed by atoms with Crippen LogP contribution in [0.1, 0.15) is 81.5 Å². The third kappa shape index (κ3) is 10.7. The van der Waals surface area contributed by atoms with Gasteiger partial charge in [-0.05, 0) is 37.8 Å². The normalized spacial score (nSPS) is 11.0. The Balaban J connectivity index is 1.93. The molecule has 0 saturated carbocycles. The minimum absolute atomic E-state index is 0.726. The van der Waals surface area contributed by atoms with E-state index in [0.29, 0.717) is 0 Å². The Morgan fingerprint density at radius 2 is 1.61 bits per heavy atom. The fraction of sp³-hybridized carbons (Fsp3) is 0.571. The lowest BCUT2D eigenvalue weighted by Gasteiger charge is -2.05. The number of unbranched alkanes of at least 4 members (excludes halogenated alkanes) is 8. The molecule has 1 aromatic carbocycles. The van der Waals surface area contributed by atoms with Crippen molar-refractivity contribution in [3.63, 3.8) is 0 Å². The third-order valence-electron chi connectivity index (χ3n) is 4.04. The Labute approximate surface area is 142 Å². The van der Waals surface area contributed by atoms with Gasteiger partial charge < -0.3 is 5.32 Å². The van der Waals surface area contributed by atoms with Crippen molar-refractivity contribution in [3.8, 4) is 0 Å². The number of carbonyl (C=O) groups is 1. The van der Waals surface area contributed by atoms with Gasteiger partial charge in [-0.1, -0.05) is 69.7 Å². The van der Waals surface area contributed by atoms with Gasteiger partial charge in [-0.3, -0.25) is 4.79 Å². The summed E-state index contributed by atoms with van der Waals surface area (Å²) in [6, 6.07) is 7.63. The SMILES string of the molecule is CCCCCCCCC/C=C/CCCNc1cccc(C=O)c1. The first-order valence-corrected chi connectivity index (χ1v) is 9.31. The van der Waals surface area contributed by atoms with Gasteiger partial charge in [0.1, 0.15) is 6.29 Å². The van der Waals surface area contributed by atoms with Gasteiger partial charge in [-0.25, -0.2) is 0 Å². The first kappa shape index (κ1) is 19.5. The highest BCUT2D eigenvalue weighted by Crippen LogP contribution is 2.10. The van der Waals surface area contributed by atoms with E-state index >= 15 is 0 Å². The van der Waals surface area contributed by atoms with Crippen LogP contribution in [0.25, 0.3) is 0 Å². The molecule has 0 fully saturated rings. The molecule has 0 spiro atoms. The van der Waals surface area contributed by atoms with Gasteiger partial charge in [0.15, 0.2) is 0 Å². The summed E-state index contributed by atoms with van der Waals surface area (Å²) in [6.07, 6.45) is 18.7. The van der Waals surface area contributed by atoms with Crippen molar-refractivity contribution in [2.75, 3.05) is 11.9 Å². The van der Waals surface area contributed by atoms with E-state index in [0.717, 1.165) is 36.9 Å². The van der Waals surface area contributed by atoms with Crippen LogP contribution in [0.4, 0.5) is 5.69 Å². The molecule has 1 N–H and O–H groups in total. The maximum atomic E-state index is 10.7. The maximum absolute atomic E-state index is 10.7. The molecule has 1 aromatic rings. The second kappa shape index (κ2) is 14.0. The molecule has 1 rings (SSSR count). The number of hydrogen-bond donors (Lipinski definition) is 1. The molecule has 0 saturated heterocycles. The zero-order chi connectivity index (χ0) is 16.6. The molecule has 128 valence electrons. The number of benzene rings is 1. The predicted molar refractivity (Wildman–Crippen MR) is 101 cm³/mol. The Morgan fingerprint density at radius 3 is 2.35 bits per heavy atom. The molecule has 0 unspecified atom stereocenters. The standard InChI is InChI=1S/C21H33NO/c1-2-3-4-5-6-7-8-9-10-11-12-13-17-22-21-16-14-15-20(18-21)19-23/h10-11,14-16,18-19,22H,2-9,12-13,17H2,1H3/b11-10+. The molecular weight excluding hydrogens is 282 g/mol. The molecule has 2 nitrogen and oxygen atoms in total. The fourth-order valence-electron chi connectivity index (χ4n) is 2.63. The molecule has 2 heteroatoms. The number of anilines is 1. The zero-order valence-electron chi connectivity index (χ0n) is 14.7. The summed E-state index contributed by atoms with van der Waals surface area (Å²) in [5, 5.41) is 3.36. The average molecular weight is 316 g/mol. The number of allylic oxidation sites excluding steroid dienone is 2. The number of rotatable bonds is 14. The number of hydrogen-bond acceptors (Lipinski definition) is 2. The first-order valence-electron chi connectivity index (χ1n) is 9.31. The van der Waals surface area contributed by atoms with E-state index in [-0.39, 0.29) is 0 Å². The second-order valence-electron chi connectivity index (χ2n) is 6.19. The van der Waals surface area contributed by atoms with Gasteiger partial charge in [-0.2, -0.15) is 0 Å². The largest absolute Gasteiger partial charge is 0.385 e. The third-order valence-corrected chi connectivity index (χ3v) is 4.04. The quantitative estimate of drug-likeness (QED) is 0.245. The highest BCUT2D eigenvalue weighted by atomic mass is 16.1. The van der Waals surface area contributed by atoms with E-state index in [4.69, 9.17) is 0 Å². The summed E-state index contributed by atoms with van der Waals surface area (Å²) in [5.74, 6) is 0. The summed E-state index contributed by atoms with van der Waals surface area (Å²) in [4.78, 5) is 10.7. The highest BCUT2D eigenvalue weighted by molar-refractivity contribution is 5.76. The van der Waals surface area contributed by atoms with E-state index in [1.165, 1.54) is 51.4 Å². The lowest BCUT2D eigenvalue weighted by molar-refractivity contribution is 0.112. The molecular formula is C21H33NO. The van der Waals surface area contributed by atoms with Crippen LogP contribution in [-0.4, -0.2) is 12.8 Å². The number of aldehydes is 1. The molecule has 0 aliphatic carbocycles. The van der Waals surface area contributed by atoms with E-state index in [2.05, 4.69) is 24.4 Å². The lowest BCUT2D eigenvalue weighted by Crippen LogP contribution is -2.01. The molecule has 0 aliphatic rings. The minimum atomic E-state index is 0.726. The van der Waals surface area contributed by atoms with E-state index in [9.17, 15) is 4.79 Å². The Morgan fingerprint density at radius 1 is 0.913 bits per heavy atom. The Hall–Kier alpha value is -1.57. The summed E-state index contributed by atoms with van der Waals surface area (Å²) in [6.45, 7) is 3.21. The van der Waals surface area contributed by atoms with Crippen molar-refractivity contribution < 1.29 is 4.79 Å². The predicted octanol–water partition coefficient (Wildman–Crippen LogP) is 6.39. The smallest absolute Gasteiger partial charge is 0.150 e. The van der Waals surface area contributed by atoms with Gasteiger partial charge in [0, 0.05) is 17.8 Å². The van der Waals surface area contributed by atoms with Gasteiger partial charge in [-0.15, -0.1) is 0 Å². The van der Waals surface area contributed by atoms with Crippen LogP contribution in [0.3, 0.4) is 0 Å². The van der Waals surface area contributed by atoms with Crippen LogP contribution in [0.15, 0.2) is 36.4 Å². The Bertz CT molecular complexity index is 439. The van der Waals surface area contributed by atoms with Crippen LogP contribution in [0.5, 0.6) is 0 Å². The van der Waals surface area contributed by atoms with Crippen molar-refractivity contribution in [1.29, 1.82) is 0 Å². The van der Waals surface area contributed by atoms with Crippen LogP contribution >= 0.6 is 0 Å². The van der Waals surface area contributed by atoms with E-state index < -0.39 is 0 Å². The van der Waals surface area contributed by atoms with Crippen molar-refractivity contribution in [1.82, 2.24) is 0 Å². The molecule has 0 bridgehead atoms. The number of carbonyl (C=O) groups excluding carboxylic acids is 1. The zero-order valence-corrected chi connectivity index (χ0v) is 14.7. The Kier molecular flexibility index (Phi) is 11.9. The van der Waals surface area contributed by atoms with Crippen molar-refractivity contribution in [3.05, 3.63) is 42.0 Å². The summed E-state index contributed by atoms with van der Waals surface area (Å²) >= 11 is 0. The van der Waals surface area contributed by atoms with Crippen LogP contribution < -0.4 is 5.32 Å². The van der Waals surface area contributed by atoms with Crippen molar-refractivity contribution in [2.24, 2.45) is 0 Å². The lowest BCUT2D eigenvalue weighted by atomic mass is 10.1. The molecule has 0 radical (unpaired) electrons. The highest BCUT2D eigenvalue weighted by Gasteiger charge is 1.93. The van der Waals surface area contributed by atoms with Gasteiger partial charge in [0.25, 0.3) is 0 Å². The van der Waals surface area contributed by atoms with Gasteiger partial charge in [0.05, 0.1) is 0 Å². The van der Waals surface area contributed by atoms with E-state index in [1.54, 1.807) is 0 Å². The molecule has 23 heavy (non-hydrogen) atoms. The van der Waals surface area contributed by atoms with E-state index in [1.807, 2.05) is 24.3 Å². The summed E-state index contributed by atoms with van der Waals surface area (Å²) < 4.78 is 0. The first-order chi connectivity index (χ1) is 11.4. The topological polar surface area (TPSA) is 29.1 Å². The fourth-order valence-corrected chi connectivity index (χ4v) is 2.63. The second-order valence-corrected chi connectivity index (χ2v) is 6.19. The number of nitrogens with one attached hydrogen (secondary N) is 1. The van der Waals surface area contributed by atoms with Crippen LogP contribution in [-0.2, 0) is 0 Å². The monoisotopic (exact) mass is 315 g/mol. The molecule has 0 aliphatic heterocycles. The van der Waals surface area contributed by atoms with Gasteiger partial charge >= 0.3 is 0 Å². The van der Waals surface area contributed by atoms with Crippen LogP contribution in [0, 0.1) is 0 Å². The molecule has 0 amide bonds. The maximum Gasteiger partial charge on any atom is 0.150 e. The van der Waals surface area contributed by atoms with Gasteiger partial charge in [0.2, 0.25) is 0 Å². The summed E-state index contributed by atoms with van der Waals surface area (Å²) in [7, 11) is 0. The molecule has 0 atom stereocenters. The average Bonchev–Trinajstić information content (AvgIpc) is 2.59.